The van der Waals surface area contributed by atoms with Crippen molar-refractivity contribution >= 4 is 23.2 Å². The lowest BCUT2D eigenvalue weighted by molar-refractivity contribution is 0.101. The fourth-order valence-corrected chi connectivity index (χ4v) is 3.19. The Balaban J connectivity index is 1.43. The van der Waals surface area contributed by atoms with E-state index in [0.717, 1.165) is 5.56 Å². The molecule has 4 aromatic rings. The summed E-state index contributed by atoms with van der Waals surface area (Å²) in [7, 11) is 0. The number of nitrogens with zero attached hydrogens (tertiary/aromatic N) is 3. The highest BCUT2D eigenvalue weighted by atomic mass is 35.5. The Morgan fingerprint density at radius 1 is 1.26 bits per heavy atom. The quantitative estimate of drug-likeness (QED) is 0.444. The molecule has 1 amide bonds. The van der Waals surface area contributed by atoms with E-state index in [9.17, 15) is 9.18 Å². The van der Waals surface area contributed by atoms with Crippen molar-refractivity contribution in [2.24, 2.45) is 0 Å². The van der Waals surface area contributed by atoms with Crippen LogP contribution in [0.25, 0.3) is 0 Å². The van der Waals surface area contributed by atoms with Crippen molar-refractivity contribution in [2.45, 2.75) is 20.1 Å². The van der Waals surface area contributed by atoms with E-state index in [1.807, 2.05) is 18.2 Å². The smallest absolute Gasteiger partial charge is 0.278 e. The zero-order valence-corrected chi connectivity index (χ0v) is 17.3. The van der Waals surface area contributed by atoms with E-state index in [-0.39, 0.29) is 12.3 Å². The summed E-state index contributed by atoms with van der Waals surface area (Å²) in [5, 5.41) is 11.5. The number of rotatable bonds is 7. The molecule has 0 radical (unpaired) electrons. The first-order valence-electron chi connectivity index (χ1n) is 9.40. The molecule has 2 heterocycles. The average molecular weight is 441 g/mol. The van der Waals surface area contributed by atoms with Crippen molar-refractivity contribution in [3.63, 3.8) is 0 Å². The first kappa shape index (κ1) is 20.6. The summed E-state index contributed by atoms with van der Waals surface area (Å²) in [6.07, 6.45) is 3.24. The van der Waals surface area contributed by atoms with Gasteiger partial charge in [-0.1, -0.05) is 35.0 Å². The SMILES string of the molecule is Cc1onc(C(=O)Nc2cnn(Cc3cccc(Cl)c3)c2)c1COc1cccc(F)c1. The number of aromatic nitrogens is 3. The van der Waals surface area contributed by atoms with Crippen LogP contribution in [0.4, 0.5) is 10.1 Å². The maximum absolute atomic E-state index is 13.3. The molecule has 1 N–H and O–H groups in total. The number of aryl methyl sites for hydroxylation is 1. The highest BCUT2D eigenvalue weighted by Gasteiger charge is 2.21. The van der Waals surface area contributed by atoms with Gasteiger partial charge in [0.05, 0.1) is 24.0 Å². The van der Waals surface area contributed by atoms with Crippen LogP contribution in [0.3, 0.4) is 0 Å². The molecular weight excluding hydrogens is 423 g/mol. The lowest BCUT2D eigenvalue weighted by Gasteiger charge is -2.07. The number of hydrogen-bond donors (Lipinski definition) is 1. The molecule has 0 fully saturated rings. The second kappa shape index (κ2) is 9.01. The summed E-state index contributed by atoms with van der Waals surface area (Å²) < 4.78 is 25.8. The van der Waals surface area contributed by atoms with Crippen LogP contribution in [0.15, 0.2) is 65.4 Å². The Hall–Kier alpha value is -3.65. The maximum Gasteiger partial charge on any atom is 0.278 e. The van der Waals surface area contributed by atoms with Crippen LogP contribution in [0.1, 0.15) is 27.4 Å². The van der Waals surface area contributed by atoms with E-state index in [4.69, 9.17) is 20.9 Å². The van der Waals surface area contributed by atoms with Gasteiger partial charge >= 0.3 is 0 Å². The van der Waals surface area contributed by atoms with Crippen molar-refractivity contribution < 1.29 is 18.4 Å². The van der Waals surface area contributed by atoms with Gasteiger partial charge in [0.1, 0.15) is 23.9 Å². The Morgan fingerprint density at radius 3 is 2.90 bits per heavy atom. The van der Waals surface area contributed by atoms with Crippen molar-refractivity contribution in [3.8, 4) is 5.75 Å². The lowest BCUT2D eigenvalue weighted by Crippen LogP contribution is -2.15. The number of ether oxygens (including phenoxy) is 1. The highest BCUT2D eigenvalue weighted by molar-refractivity contribution is 6.30. The minimum absolute atomic E-state index is 0.00949. The van der Waals surface area contributed by atoms with Gasteiger partial charge < -0.3 is 14.6 Å². The lowest BCUT2D eigenvalue weighted by atomic mass is 10.2. The summed E-state index contributed by atoms with van der Waals surface area (Å²) in [4.78, 5) is 12.7. The number of benzene rings is 2. The van der Waals surface area contributed by atoms with E-state index in [1.54, 1.807) is 36.0 Å². The molecular formula is C22H18ClFN4O3. The summed E-state index contributed by atoms with van der Waals surface area (Å²) in [5.74, 6) is -0.0863. The van der Waals surface area contributed by atoms with Gasteiger partial charge in [0.25, 0.3) is 5.91 Å². The van der Waals surface area contributed by atoms with Gasteiger partial charge in [0.15, 0.2) is 5.69 Å². The Morgan fingerprint density at radius 2 is 2.10 bits per heavy atom. The monoisotopic (exact) mass is 440 g/mol. The molecule has 0 atom stereocenters. The molecule has 158 valence electrons. The zero-order valence-electron chi connectivity index (χ0n) is 16.5. The summed E-state index contributed by atoms with van der Waals surface area (Å²) in [5.41, 5.74) is 2.06. The molecule has 0 saturated heterocycles. The van der Waals surface area contributed by atoms with Crippen LogP contribution in [0, 0.1) is 12.7 Å². The standard InChI is InChI=1S/C22H18ClFN4O3/c1-14-20(13-30-19-7-3-6-17(24)9-19)21(27-31-14)22(29)26-18-10-25-28(12-18)11-15-4-2-5-16(23)8-15/h2-10,12H,11,13H2,1H3,(H,26,29). The number of anilines is 1. The number of amides is 1. The minimum Gasteiger partial charge on any atom is -0.489 e. The number of hydrogen-bond acceptors (Lipinski definition) is 5. The van der Waals surface area contributed by atoms with E-state index in [2.05, 4.69) is 15.6 Å². The molecule has 2 aromatic heterocycles. The molecule has 0 saturated carbocycles. The Labute approximate surface area is 182 Å². The molecule has 2 aromatic carbocycles. The second-order valence-electron chi connectivity index (χ2n) is 6.82. The molecule has 7 nitrogen and oxygen atoms in total. The topological polar surface area (TPSA) is 82.2 Å². The third-order valence-electron chi connectivity index (χ3n) is 4.50. The summed E-state index contributed by atoms with van der Waals surface area (Å²) in [6.45, 7) is 2.19. The van der Waals surface area contributed by atoms with E-state index < -0.39 is 11.7 Å². The number of carbonyl (C=O) groups excluding carboxylic acids is 1. The van der Waals surface area contributed by atoms with Crippen LogP contribution >= 0.6 is 11.6 Å². The maximum atomic E-state index is 13.3. The van der Waals surface area contributed by atoms with Gasteiger partial charge in [-0.25, -0.2) is 4.39 Å². The van der Waals surface area contributed by atoms with Gasteiger partial charge in [0, 0.05) is 17.3 Å². The first-order chi connectivity index (χ1) is 15.0. The second-order valence-corrected chi connectivity index (χ2v) is 7.26. The Bertz CT molecular complexity index is 1220. The van der Waals surface area contributed by atoms with Crippen LogP contribution in [0.2, 0.25) is 5.02 Å². The fraction of sp³-hybridized carbons (Fsp3) is 0.136. The van der Waals surface area contributed by atoms with Gasteiger partial charge in [-0.15, -0.1) is 0 Å². The van der Waals surface area contributed by atoms with Gasteiger partial charge in [-0.05, 0) is 36.8 Å². The molecule has 0 unspecified atom stereocenters. The Kier molecular flexibility index (Phi) is 5.99. The largest absolute Gasteiger partial charge is 0.489 e. The fourth-order valence-electron chi connectivity index (χ4n) is 2.98. The van der Waals surface area contributed by atoms with Gasteiger partial charge in [-0.3, -0.25) is 9.48 Å². The summed E-state index contributed by atoms with van der Waals surface area (Å²) >= 11 is 6.01. The van der Waals surface area contributed by atoms with E-state index in [0.29, 0.717) is 34.3 Å². The predicted molar refractivity (Wildman–Crippen MR) is 113 cm³/mol. The van der Waals surface area contributed by atoms with Gasteiger partial charge in [-0.2, -0.15) is 5.10 Å². The van der Waals surface area contributed by atoms with Crippen LogP contribution in [-0.2, 0) is 13.2 Å². The average Bonchev–Trinajstić information content (AvgIpc) is 3.32. The molecule has 0 spiro atoms. The van der Waals surface area contributed by atoms with E-state index >= 15 is 0 Å². The first-order valence-corrected chi connectivity index (χ1v) is 9.77. The zero-order chi connectivity index (χ0) is 21.8. The number of nitrogens with one attached hydrogen (secondary N) is 1. The van der Waals surface area contributed by atoms with Crippen molar-refractivity contribution in [1.82, 2.24) is 14.9 Å². The predicted octanol–water partition coefficient (Wildman–Crippen LogP) is 4.85. The van der Waals surface area contributed by atoms with Crippen molar-refractivity contribution in [2.75, 3.05) is 5.32 Å². The minimum atomic E-state index is -0.461. The van der Waals surface area contributed by atoms with Crippen LogP contribution in [0.5, 0.6) is 5.75 Å². The molecule has 0 aliphatic rings. The van der Waals surface area contributed by atoms with E-state index in [1.165, 1.54) is 18.3 Å². The molecule has 9 heteroatoms. The molecule has 0 bridgehead atoms. The molecule has 0 aliphatic carbocycles. The van der Waals surface area contributed by atoms with Crippen LogP contribution in [-0.4, -0.2) is 20.8 Å². The number of halogens is 2. The van der Waals surface area contributed by atoms with Gasteiger partial charge in [0.2, 0.25) is 0 Å². The normalized spacial score (nSPS) is 10.8. The summed E-state index contributed by atoms with van der Waals surface area (Å²) in [6, 6.07) is 13.2. The highest BCUT2D eigenvalue weighted by Crippen LogP contribution is 2.20. The van der Waals surface area contributed by atoms with Crippen molar-refractivity contribution in [1.29, 1.82) is 0 Å². The molecule has 31 heavy (non-hydrogen) atoms. The molecule has 0 aliphatic heterocycles. The third kappa shape index (κ3) is 5.10. The van der Waals surface area contributed by atoms with Crippen molar-refractivity contribution in [3.05, 3.63) is 94.3 Å². The third-order valence-corrected chi connectivity index (χ3v) is 4.74. The van der Waals surface area contributed by atoms with Crippen LogP contribution < -0.4 is 10.1 Å². The molecule has 4 rings (SSSR count). The number of carbonyl (C=O) groups is 1.